The van der Waals surface area contributed by atoms with E-state index in [2.05, 4.69) is 36.9 Å². The van der Waals surface area contributed by atoms with Crippen LogP contribution in [0.15, 0.2) is 22.8 Å². The highest BCUT2D eigenvalue weighted by atomic mass is 79.9. The molecule has 0 unspecified atom stereocenters. The molecule has 1 fully saturated rings. The minimum atomic E-state index is -0.861. The maximum Gasteiger partial charge on any atom is 0.277 e. The Bertz CT molecular complexity index is 701. The first-order valence-corrected chi connectivity index (χ1v) is 6.92. The molecule has 0 bridgehead atoms. The summed E-state index contributed by atoms with van der Waals surface area (Å²) in [6, 6.07) is 2.02. The Balaban J connectivity index is 1.76. The number of carbonyl (C=O) groups is 1. The summed E-state index contributed by atoms with van der Waals surface area (Å²) >= 11 is 2.93. The van der Waals surface area contributed by atoms with Crippen LogP contribution < -0.4 is 10.6 Å². The number of anilines is 1. The van der Waals surface area contributed by atoms with Gasteiger partial charge in [0.2, 0.25) is 0 Å². The minimum Gasteiger partial charge on any atom is -0.318 e. The molecule has 0 spiro atoms. The molecular formula is C12H10BrF2N5O. The van der Waals surface area contributed by atoms with Crippen LogP contribution in [0.1, 0.15) is 16.5 Å². The molecule has 1 aromatic heterocycles. The summed E-state index contributed by atoms with van der Waals surface area (Å²) in [6.45, 7) is 1.54. The zero-order chi connectivity index (χ0) is 15.0. The normalized spacial score (nSPS) is 14.8. The number of hydrogen-bond donors (Lipinski definition) is 2. The van der Waals surface area contributed by atoms with Crippen molar-refractivity contribution in [1.82, 2.24) is 20.3 Å². The molecule has 110 valence electrons. The summed E-state index contributed by atoms with van der Waals surface area (Å²) in [5.41, 5.74) is -0.0603. The number of benzene rings is 1. The number of halogens is 3. The molecule has 6 nitrogen and oxygen atoms in total. The molecule has 1 aromatic carbocycles. The monoisotopic (exact) mass is 357 g/mol. The highest BCUT2D eigenvalue weighted by Crippen LogP contribution is 2.24. The van der Waals surface area contributed by atoms with Crippen molar-refractivity contribution in [2.75, 3.05) is 18.4 Å². The van der Waals surface area contributed by atoms with Crippen LogP contribution in [0, 0.1) is 11.6 Å². The Morgan fingerprint density at radius 1 is 1.38 bits per heavy atom. The van der Waals surface area contributed by atoms with Crippen molar-refractivity contribution in [3.63, 3.8) is 0 Å². The quantitative estimate of drug-likeness (QED) is 0.820. The lowest BCUT2D eigenvalue weighted by atomic mass is 10.2. The zero-order valence-corrected chi connectivity index (χ0v) is 12.2. The van der Waals surface area contributed by atoms with E-state index in [9.17, 15) is 13.6 Å². The molecule has 0 atom stereocenters. The largest absolute Gasteiger partial charge is 0.318 e. The van der Waals surface area contributed by atoms with Gasteiger partial charge in [-0.15, -0.1) is 5.10 Å². The fourth-order valence-corrected chi connectivity index (χ4v) is 2.17. The summed E-state index contributed by atoms with van der Waals surface area (Å²) in [4.78, 5) is 12.0. The fourth-order valence-electron chi connectivity index (χ4n) is 1.82. The van der Waals surface area contributed by atoms with Crippen molar-refractivity contribution >= 4 is 27.5 Å². The summed E-state index contributed by atoms with van der Waals surface area (Å²) in [5.74, 6) is -2.21. The average Bonchev–Trinajstić information content (AvgIpc) is 2.83. The van der Waals surface area contributed by atoms with Gasteiger partial charge in [0.05, 0.1) is 22.4 Å². The molecule has 1 aliphatic heterocycles. The van der Waals surface area contributed by atoms with Gasteiger partial charge in [-0.3, -0.25) is 4.79 Å². The molecular weight excluding hydrogens is 348 g/mol. The summed E-state index contributed by atoms with van der Waals surface area (Å²) in [6.07, 6.45) is 1.50. The minimum absolute atomic E-state index is 0.0587. The molecule has 2 heterocycles. The van der Waals surface area contributed by atoms with Gasteiger partial charge < -0.3 is 10.6 Å². The number of amides is 1. The van der Waals surface area contributed by atoms with Gasteiger partial charge in [0.15, 0.2) is 5.69 Å². The first-order chi connectivity index (χ1) is 10.0. The molecule has 9 heteroatoms. The Morgan fingerprint density at radius 2 is 2.14 bits per heavy atom. The van der Waals surface area contributed by atoms with Crippen molar-refractivity contribution in [2.45, 2.75) is 6.04 Å². The summed E-state index contributed by atoms with van der Waals surface area (Å²) < 4.78 is 28.3. The van der Waals surface area contributed by atoms with Crippen molar-refractivity contribution in [2.24, 2.45) is 0 Å². The number of hydrogen-bond acceptors (Lipinski definition) is 4. The Hall–Kier alpha value is -1.87. The van der Waals surface area contributed by atoms with Gasteiger partial charge in [0.1, 0.15) is 11.6 Å². The molecule has 3 rings (SSSR count). The Labute approximate surface area is 126 Å². The van der Waals surface area contributed by atoms with E-state index in [1.54, 1.807) is 4.68 Å². The standard InChI is InChI=1S/C12H10BrF2N5O/c13-7-1-10(9(15)2-8(7)14)17-12(21)11-5-20(19-18-11)6-3-16-4-6/h1-2,5-6,16H,3-4H2,(H,17,21). The highest BCUT2D eigenvalue weighted by molar-refractivity contribution is 9.10. The fraction of sp³-hybridized carbons (Fsp3) is 0.250. The summed E-state index contributed by atoms with van der Waals surface area (Å²) in [7, 11) is 0. The lowest BCUT2D eigenvalue weighted by Crippen LogP contribution is -2.43. The van der Waals surface area contributed by atoms with Crippen molar-refractivity contribution in [1.29, 1.82) is 0 Å². The van der Waals surface area contributed by atoms with Gasteiger partial charge >= 0.3 is 0 Å². The number of nitrogens with zero attached hydrogens (tertiary/aromatic N) is 3. The Morgan fingerprint density at radius 3 is 2.81 bits per heavy atom. The maximum absolute atomic E-state index is 13.6. The summed E-state index contributed by atoms with van der Waals surface area (Å²) in [5, 5.41) is 13.0. The van der Waals surface area contributed by atoms with Crippen molar-refractivity contribution in [3.8, 4) is 0 Å². The van der Waals surface area contributed by atoms with Crippen LogP contribution >= 0.6 is 15.9 Å². The van der Waals surface area contributed by atoms with Crippen LogP contribution in [-0.4, -0.2) is 34.0 Å². The number of nitrogens with one attached hydrogen (secondary N) is 2. The van der Waals surface area contributed by atoms with Gasteiger partial charge in [0, 0.05) is 19.2 Å². The molecule has 0 aliphatic carbocycles. The molecule has 21 heavy (non-hydrogen) atoms. The van der Waals surface area contributed by atoms with Gasteiger partial charge in [-0.05, 0) is 22.0 Å². The van der Waals surface area contributed by atoms with E-state index in [0.29, 0.717) is 6.07 Å². The lowest BCUT2D eigenvalue weighted by molar-refractivity contribution is 0.102. The van der Waals surface area contributed by atoms with Crippen LogP contribution in [0.25, 0.3) is 0 Å². The third-order valence-corrected chi connectivity index (χ3v) is 3.74. The topological polar surface area (TPSA) is 71.8 Å². The van der Waals surface area contributed by atoms with E-state index < -0.39 is 17.5 Å². The van der Waals surface area contributed by atoms with Gasteiger partial charge in [-0.2, -0.15) is 0 Å². The number of rotatable bonds is 3. The second-order valence-corrected chi connectivity index (χ2v) is 5.45. The lowest BCUT2D eigenvalue weighted by Gasteiger charge is -2.26. The third kappa shape index (κ3) is 2.79. The van der Waals surface area contributed by atoms with E-state index in [0.717, 1.165) is 19.2 Å². The predicted octanol–water partition coefficient (Wildman–Crippen LogP) is 1.72. The van der Waals surface area contributed by atoms with Crippen molar-refractivity contribution < 1.29 is 13.6 Å². The zero-order valence-electron chi connectivity index (χ0n) is 10.6. The van der Waals surface area contributed by atoms with Crippen LogP contribution in [0.4, 0.5) is 14.5 Å². The second-order valence-electron chi connectivity index (χ2n) is 4.60. The molecule has 1 saturated heterocycles. The molecule has 0 radical (unpaired) electrons. The molecule has 1 aliphatic rings. The molecule has 0 saturated carbocycles. The van der Waals surface area contributed by atoms with Crippen molar-refractivity contribution in [3.05, 3.63) is 40.1 Å². The first-order valence-electron chi connectivity index (χ1n) is 6.13. The number of carbonyl (C=O) groups excluding carboxylic acids is 1. The van der Waals surface area contributed by atoms with Gasteiger partial charge in [-0.1, -0.05) is 5.21 Å². The Kier molecular flexibility index (Phi) is 3.68. The molecule has 2 N–H and O–H groups in total. The van der Waals surface area contributed by atoms with E-state index >= 15 is 0 Å². The van der Waals surface area contributed by atoms with Crippen LogP contribution in [-0.2, 0) is 0 Å². The smallest absolute Gasteiger partial charge is 0.277 e. The third-order valence-electron chi connectivity index (χ3n) is 3.14. The van der Waals surface area contributed by atoms with Gasteiger partial charge in [-0.25, -0.2) is 13.5 Å². The predicted molar refractivity (Wildman–Crippen MR) is 73.9 cm³/mol. The van der Waals surface area contributed by atoms with Gasteiger partial charge in [0.25, 0.3) is 5.91 Å². The van der Waals surface area contributed by atoms with E-state index in [1.807, 2.05) is 0 Å². The highest BCUT2D eigenvalue weighted by Gasteiger charge is 2.22. The van der Waals surface area contributed by atoms with E-state index in [-0.39, 0.29) is 21.9 Å². The van der Waals surface area contributed by atoms with E-state index in [4.69, 9.17) is 0 Å². The molecule has 2 aromatic rings. The van der Waals surface area contributed by atoms with Crippen LogP contribution in [0.3, 0.4) is 0 Å². The molecule has 1 amide bonds. The van der Waals surface area contributed by atoms with Crippen LogP contribution in [0.2, 0.25) is 0 Å². The second kappa shape index (κ2) is 5.49. The maximum atomic E-state index is 13.6. The first kappa shape index (κ1) is 14.1. The van der Waals surface area contributed by atoms with Crippen LogP contribution in [0.5, 0.6) is 0 Å². The number of aromatic nitrogens is 3. The average molecular weight is 358 g/mol. The van der Waals surface area contributed by atoms with E-state index in [1.165, 1.54) is 6.20 Å². The SMILES string of the molecule is O=C(Nc1cc(Br)c(F)cc1F)c1cn(C2CNC2)nn1.